The molecule has 0 spiro atoms. The third kappa shape index (κ3) is 5.99. The molecule has 0 radical (unpaired) electrons. The summed E-state index contributed by atoms with van der Waals surface area (Å²) in [7, 11) is -3.89. The van der Waals surface area contributed by atoms with Gasteiger partial charge in [-0.2, -0.15) is 8.42 Å². The van der Waals surface area contributed by atoms with E-state index in [1.54, 1.807) is 36.4 Å². The van der Waals surface area contributed by atoms with Gasteiger partial charge in [0.25, 0.3) is 0 Å². The van der Waals surface area contributed by atoms with Crippen molar-refractivity contribution in [3.63, 3.8) is 0 Å². The highest BCUT2D eigenvalue weighted by molar-refractivity contribution is 7.91. The number of hydrogen-bond acceptors (Lipinski definition) is 4. The van der Waals surface area contributed by atoms with E-state index in [2.05, 4.69) is 67.1 Å². The molecular weight excluding hydrogens is 603 g/mol. The van der Waals surface area contributed by atoms with Gasteiger partial charge in [-0.05, 0) is 70.6 Å². The van der Waals surface area contributed by atoms with Gasteiger partial charge < -0.3 is 9.67 Å². The van der Waals surface area contributed by atoms with Crippen molar-refractivity contribution in [3.8, 4) is 28.1 Å². The molecular formula is C33H28Cl2N4O3S. The molecule has 0 atom stereocenters. The Labute approximate surface area is 260 Å². The Balaban J connectivity index is 1.33. The molecule has 0 saturated heterocycles. The lowest BCUT2D eigenvalue weighted by Crippen LogP contribution is -2.29. The van der Waals surface area contributed by atoms with Crippen LogP contribution in [-0.2, 0) is 16.6 Å². The first-order valence-corrected chi connectivity index (χ1v) is 15.8. The Hall–Kier alpha value is -4.24. The van der Waals surface area contributed by atoms with E-state index in [1.807, 2.05) is 16.8 Å². The first-order chi connectivity index (χ1) is 20.6. The maximum Gasteiger partial charge on any atom is 0.330 e. The summed E-state index contributed by atoms with van der Waals surface area (Å²) in [5.41, 5.74) is 7.27. The maximum atomic E-state index is 12.3. The van der Waals surface area contributed by atoms with E-state index in [-0.39, 0.29) is 0 Å². The van der Waals surface area contributed by atoms with Crippen molar-refractivity contribution in [2.45, 2.75) is 26.2 Å². The maximum absolute atomic E-state index is 12.3. The summed E-state index contributed by atoms with van der Waals surface area (Å²) in [6, 6.07) is 29.3. The predicted molar refractivity (Wildman–Crippen MR) is 173 cm³/mol. The third-order valence-electron chi connectivity index (χ3n) is 7.33. The van der Waals surface area contributed by atoms with Crippen molar-refractivity contribution in [2.75, 3.05) is 4.31 Å². The van der Waals surface area contributed by atoms with Gasteiger partial charge in [0, 0.05) is 28.9 Å². The van der Waals surface area contributed by atoms with Crippen LogP contribution in [0, 0.1) is 0 Å². The van der Waals surface area contributed by atoms with E-state index in [1.165, 1.54) is 5.56 Å². The largest absolute Gasteiger partial charge is 0.493 e. The van der Waals surface area contributed by atoms with E-state index in [0.717, 1.165) is 44.3 Å². The second-order valence-electron chi connectivity index (χ2n) is 10.6. The van der Waals surface area contributed by atoms with E-state index in [0.29, 0.717) is 33.8 Å². The molecule has 1 aromatic heterocycles. The van der Waals surface area contributed by atoms with Crippen LogP contribution in [0.1, 0.15) is 36.7 Å². The van der Waals surface area contributed by atoms with Crippen molar-refractivity contribution < 1.29 is 13.5 Å². The van der Waals surface area contributed by atoms with Crippen LogP contribution in [0.5, 0.6) is 0 Å². The molecule has 218 valence electrons. The SMILES string of the molecule is CC(C)c1ccc(-c2ccc(Cc3nc(-c4ccc(Cl)cc4Cl)cn3-c3ccc(N4C=C(O)NS4(=O)=O)cc3)cc2)cc1. The van der Waals surface area contributed by atoms with Crippen LogP contribution < -0.4 is 9.03 Å². The number of aliphatic hydroxyl groups is 1. The van der Waals surface area contributed by atoms with Crippen LogP contribution in [0.15, 0.2) is 109 Å². The number of imidazole rings is 1. The molecule has 0 aliphatic carbocycles. The third-order valence-corrected chi connectivity index (χ3v) is 9.18. The Bertz CT molecular complexity index is 1930. The standard InChI is InChI=1S/C33H28Cl2N4O3S/c1-21(2)23-7-9-25(10-8-23)24-5-3-22(4-6-24)17-32-36-31(29-16-11-26(34)18-30(29)35)19-38(32)27-12-14-28(15-13-27)39-20-33(40)37-43(39,41)42/h3-16,18-21,37,40H,17H2,1-2H3. The Morgan fingerprint density at radius 2 is 1.49 bits per heavy atom. The minimum Gasteiger partial charge on any atom is -0.493 e. The molecule has 4 aromatic carbocycles. The van der Waals surface area contributed by atoms with Gasteiger partial charge in [0.1, 0.15) is 5.82 Å². The summed E-state index contributed by atoms with van der Waals surface area (Å²) < 4.78 is 29.6. The molecule has 0 saturated carbocycles. The van der Waals surface area contributed by atoms with Gasteiger partial charge in [0.15, 0.2) is 0 Å². The van der Waals surface area contributed by atoms with E-state index in [9.17, 15) is 13.5 Å². The van der Waals surface area contributed by atoms with Gasteiger partial charge in [-0.15, -0.1) is 0 Å². The molecule has 0 bridgehead atoms. The number of nitrogens with zero attached hydrogens (tertiary/aromatic N) is 3. The lowest BCUT2D eigenvalue weighted by molar-refractivity contribution is 0.392. The molecule has 0 amide bonds. The smallest absolute Gasteiger partial charge is 0.330 e. The number of anilines is 1. The average Bonchev–Trinajstić information content (AvgIpc) is 3.52. The van der Waals surface area contributed by atoms with Crippen molar-refractivity contribution >= 4 is 39.1 Å². The number of nitrogens with one attached hydrogen (secondary N) is 1. The zero-order valence-electron chi connectivity index (χ0n) is 23.4. The minimum absolute atomic E-state index is 0.375. The molecule has 1 aliphatic rings. The number of aromatic nitrogens is 2. The quantitative estimate of drug-likeness (QED) is 0.189. The van der Waals surface area contributed by atoms with E-state index in [4.69, 9.17) is 28.2 Å². The van der Waals surface area contributed by atoms with Crippen LogP contribution in [0.25, 0.3) is 28.1 Å². The lowest BCUT2D eigenvalue weighted by Gasteiger charge is -2.15. The first-order valence-electron chi connectivity index (χ1n) is 13.6. The van der Waals surface area contributed by atoms with Gasteiger partial charge >= 0.3 is 10.2 Å². The number of benzene rings is 4. The number of rotatable bonds is 7. The zero-order valence-corrected chi connectivity index (χ0v) is 25.7. The lowest BCUT2D eigenvalue weighted by atomic mass is 9.98. The molecule has 5 aromatic rings. The fourth-order valence-electron chi connectivity index (χ4n) is 5.01. The first kappa shape index (κ1) is 28.9. The second kappa shape index (κ2) is 11.4. The monoisotopic (exact) mass is 630 g/mol. The number of aliphatic hydroxyl groups excluding tert-OH is 1. The highest BCUT2D eigenvalue weighted by Crippen LogP contribution is 2.32. The van der Waals surface area contributed by atoms with Crippen LogP contribution >= 0.6 is 23.2 Å². The van der Waals surface area contributed by atoms with Gasteiger partial charge in [-0.25, -0.2) is 14.0 Å². The molecule has 7 nitrogen and oxygen atoms in total. The fourth-order valence-corrected chi connectivity index (χ4v) is 6.57. The fraction of sp³-hybridized carbons (Fsp3) is 0.121. The Morgan fingerprint density at radius 1 is 0.860 bits per heavy atom. The number of hydrogen-bond donors (Lipinski definition) is 2. The topological polar surface area (TPSA) is 87.5 Å². The summed E-state index contributed by atoms with van der Waals surface area (Å²) in [6.07, 6.45) is 3.57. The highest BCUT2D eigenvalue weighted by Gasteiger charge is 2.28. The summed E-state index contributed by atoms with van der Waals surface area (Å²) >= 11 is 12.7. The average molecular weight is 632 g/mol. The summed E-state index contributed by atoms with van der Waals surface area (Å²) in [5.74, 6) is 0.819. The predicted octanol–water partition coefficient (Wildman–Crippen LogP) is 8.24. The van der Waals surface area contributed by atoms with Gasteiger partial charge in [0.2, 0.25) is 5.88 Å². The van der Waals surface area contributed by atoms with Crippen LogP contribution in [0.2, 0.25) is 10.0 Å². The normalized spacial score (nSPS) is 14.2. The zero-order chi connectivity index (χ0) is 30.3. The number of halogens is 2. The summed E-state index contributed by atoms with van der Waals surface area (Å²) in [6.45, 7) is 4.37. The van der Waals surface area contributed by atoms with Crippen molar-refractivity contribution in [3.05, 3.63) is 136 Å². The van der Waals surface area contributed by atoms with Gasteiger partial charge in [-0.3, -0.25) is 0 Å². The van der Waals surface area contributed by atoms with Gasteiger partial charge in [0.05, 0.1) is 22.6 Å². The Kier molecular flexibility index (Phi) is 7.68. The molecule has 0 unspecified atom stereocenters. The van der Waals surface area contributed by atoms with Crippen molar-refractivity contribution in [1.82, 2.24) is 14.3 Å². The Morgan fingerprint density at radius 3 is 2.07 bits per heavy atom. The molecule has 2 heterocycles. The highest BCUT2D eigenvalue weighted by atomic mass is 35.5. The van der Waals surface area contributed by atoms with Crippen LogP contribution in [-0.4, -0.2) is 23.1 Å². The van der Waals surface area contributed by atoms with E-state index < -0.39 is 16.1 Å². The van der Waals surface area contributed by atoms with Crippen LogP contribution in [0.4, 0.5) is 5.69 Å². The van der Waals surface area contributed by atoms with Crippen molar-refractivity contribution in [1.29, 1.82) is 0 Å². The molecule has 2 N–H and O–H groups in total. The second-order valence-corrected chi connectivity index (χ2v) is 13.0. The van der Waals surface area contributed by atoms with Gasteiger partial charge in [-0.1, -0.05) is 85.6 Å². The van der Waals surface area contributed by atoms with Crippen LogP contribution in [0.3, 0.4) is 0 Å². The summed E-state index contributed by atoms with van der Waals surface area (Å²) in [4.78, 5) is 4.96. The molecule has 43 heavy (non-hydrogen) atoms. The molecule has 6 rings (SSSR count). The molecule has 10 heteroatoms. The van der Waals surface area contributed by atoms with E-state index >= 15 is 0 Å². The molecule has 0 fully saturated rings. The van der Waals surface area contributed by atoms with Crippen molar-refractivity contribution in [2.24, 2.45) is 0 Å². The molecule has 1 aliphatic heterocycles. The minimum atomic E-state index is -3.89. The summed E-state index contributed by atoms with van der Waals surface area (Å²) in [5, 5.41) is 10.7.